The highest BCUT2D eigenvalue weighted by atomic mass is 32.1. The highest BCUT2D eigenvalue weighted by Crippen LogP contribution is 2.22. The molecule has 5 nitrogen and oxygen atoms in total. The second-order valence-electron chi connectivity index (χ2n) is 4.17. The average molecular weight is 251 g/mol. The highest BCUT2D eigenvalue weighted by molar-refractivity contribution is 7.14. The molecule has 2 heterocycles. The van der Waals surface area contributed by atoms with Crippen molar-refractivity contribution in [3.05, 3.63) is 17.0 Å². The second kappa shape index (κ2) is 4.84. The largest absolute Gasteiger partial charge is 0.363 e. The molecule has 17 heavy (non-hydrogen) atoms. The van der Waals surface area contributed by atoms with E-state index in [0.717, 1.165) is 13.1 Å². The van der Waals surface area contributed by atoms with Gasteiger partial charge in [0, 0.05) is 13.1 Å². The molecule has 0 radical (unpaired) electrons. The zero-order valence-corrected chi connectivity index (χ0v) is 10.3. The van der Waals surface area contributed by atoms with Gasteiger partial charge in [-0.1, -0.05) is 0 Å². The van der Waals surface area contributed by atoms with Crippen molar-refractivity contribution in [3.8, 4) is 6.07 Å². The smallest absolute Gasteiger partial charge is 0.251 e. The number of amides is 1. The summed E-state index contributed by atoms with van der Waals surface area (Å²) in [5.41, 5.74) is 0.255. The van der Waals surface area contributed by atoms with Gasteiger partial charge in [-0.2, -0.15) is 5.26 Å². The molecular formula is C11H13N3O2S. The number of nitrogens with zero attached hydrogens (tertiary/aromatic N) is 1. The summed E-state index contributed by atoms with van der Waals surface area (Å²) in [5, 5.41) is 16.9. The van der Waals surface area contributed by atoms with Crippen molar-refractivity contribution in [2.45, 2.75) is 12.5 Å². The maximum Gasteiger partial charge on any atom is 0.251 e. The summed E-state index contributed by atoms with van der Waals surface area (Å²) in [7, 11) is 0. The number of rotatable bonds is 4. The molecule has 0 aliphatic carbocycles. The van der Waals surface area contributed by atoms with E-state index in [1.54, 1.807) is 11.4 Å². The summed E-state index contributed by atoms with van der Waals surface area (Å²) < 4.78 is 5.50. The van der Waals surface area contributed by atoms with E-state index in [4.69, 9.17) is 10.00 Å². The fourth-order valence-corrected chi connectivity index (χ4v) is 2.23. The summed E-state index contributed by atoms with van der Waals surface area (Å²) in [6, 6.07) is 3.70. The third kappa shape index (κ3) is 2.82. The molecule has 0 atom stereocenters. The van der Waals surface area contributed by atoms with Crippen molar-refractivity contribution in [1.82, 2.24) is 5.32 Å². The van der Waals surface area contributed by atoms with Gasteiger partial charge < -0.3 is 15.4 Å². The van der Waals surface area contributed by atoms with Crippen LogP contribution >= 0.6 is 11.3 Å². The van der Waals surface area contributed by atoms with Gasteiger partial charge in [-0.3, -0.25) is 4.79 Å². The maximum atomic E-state index is 11.6. The van der Waals surface area contributed by atoms with E-state index in [9.17, 15) is 4.79 Å². The molecule has 0 saturated carbocycles. The van der Waals surface area contributed by atoms with Crippen LogP contribution in [0.4, 0.5) is 5.00 Å². The van der Waals surface area contributed by atoms with Crippen LogP contribution in [0.25, 0.3) is 0 Å². The Bertz CT molecular complexity index is 460. The monoisotopic (exact) mass is 251 g/mol. The fourth-order valence-electron chi connectivity index (χ4n) is 1.48. The Hall–Kier alpha value is -1.42. The van der Waals surface area contributed by atoms with Gasteiger partial charge >= 0.3 is 0 Å². The first-order valence-corrected chi connectivity index (χ1v) is 6.13. The summed E-state index contributed by atoms with van der Waals surface area (Å²) in [4.78, 5) is 11.6. The van der Waals surface area contributed by atoms with Crippen LogP contribution in [0.15, 0.2) is 11.4 Å². The Morgan fingerprint density at radius 3 is 3.12 bits per heavy atom. The highest BCUT2D eigenvalue weighted by Gasteiger charge is 2.33. The van der Waals surface area contributed by atoms with Crippen molar-refractivity contribution in [3.63, 3.8) is 0 Å². The summed E-state index contributed by atoms with van der Waals surface area (Å²) in [6.45, 7) is 3.51. The Morgan fingerprint density at radius 2 is 2.53 bits per heavy atom. The fraction of sp³-hybridized carbons (Fsp3) is 0.455. The molecule has 90 valence electrons. The predicted molar refractivity (Wildman–Crippen MR) is 64.9 cm³/mol. The minimum Gasteiger partial charge on any atom is -0.363 e. The van der Waals surface area contributed by atoms with Gasteiger partial charge in [-0.05, 0) is 18.4 Å². The summed E-state index contributed by atoms with van der Waals surface area (Å²) >= 11 is 1.33. The van der Waals surface area contributed by atoms with Crippen molar-refractivity contribution >= 4 is 22.2 Å². The van der Waals surface area contributed by atoms with Crippen LogP contribution < -0.4 is 10.6 Å². The van der Waals surface area contributed by atoms with Crippen molar-refractivity contribution in [2.75, 3.05) is 25.0 Å². The topological polar surface area (TPSA) is 74.1 Å². The third-order valence-electron chi connectivity index (χ3n) is 2.59. The van der Waals surface area contributed by atoms with Gasteiger partial charge in [0.1, 0.15) is 17.7 Å². The van der Waals surface area contributed by atoms with E-state index in [-0.39, 0.29) is 18.1 Å². The molecule has 1 aromatic rings. The van der Waals surface area contributed by atoms with Gasteiger partial charge in [-0.15, -0.1) is 11.3 Å². The number of hydrogen-bond donors (Lipinski definition) is 2. The lowest BCUT2D eigenvalue weighted by Gasteiger charge is -2.38. The van der Waals surface area contributed by atoms with Gasteiger partial charge in [0.25, 0.3) is 5.91 Å². The second-order valence-corrected chi connectivity index (χ2v) is 5.08. The lowest BCUT2D eigenvalue weighted by atomic mass is 10.0. The van der Waals surface area contributed by atoms with E-state index < -0.39 is 0 Å². The normalized spacial score (nSPS) is 16.9. The molecule has 1 fully saturated rings. The molecule has 1 aliphatic heterocycles. The Morgan fingerprint density at radius 1 is 1.76 bits per heavy atom. The van der Waals surface area contributed by atoms with E-state index in [2.05, 4.69) is 10.6 Å². The zero-order chi connectivity index (χ0) is 12.3. The van der Waals surface area contributed by atoms with Crippen molar-refractivity contribution in [1.29, 1.82) is 5.26 Å². The van der Waals surface area contributed by atoms with Gasteiger partial charge in [0.15, 0.2) is 0 Å². The Labute approximate surface area is 103 Å². The van der Waals surface area contributed by atoms with E-state index in [1.165, 1.54) is 11.3 Å². The molecule has 0 bridgehead atoms. The van der Waals surface area contributed by atoms with Crippen molar-refractivity contribution in [2.24, 2.45) is 0 Å². The van der Waals surface area contributed by atoms with Crippen molar-refractivity contribution < 1.29 is 9.53 Å². The first-order chi connectivity index (χ1) is 8.13. The lowest BCUT2D eigenvalue weighted by molar-refractivity contribution is -0.130. The number of carbonyl (C=O) groups excluding carboxylic acids is 1. The van der Waals surface area contributed by atoms with Gasteiger partial charge in [0.05, 0.1) is 11.2 Å². The molecule has 2 rings (SSSR count). The number of thiophene rings is 1. The van der Waals surface area contributed by atoms with E-state index in [0.29, 0.717) is 10.6 Å². The number of nitrogens with one attached hydrogen (secondary N) is 2. The number of hydrogen-bond acceptors (Lipinski definition) is 5. The van der Waals surface area contributed by atoms with Gasteiger partial charge in [-0.25, -0.2) is 0 Å². The van der Waals surface area contributed by atoms with Crippen LogP contribution in [0.5, 0.6) is 0 Å². The molecule has 6 heteroatoms. The van der Waals surface area contributed by atoms with Crippen LogP contribution in [0.1, 0.15) is 12.5 Å². The Balaban J connectivity index is 1.83. The molecule has 2 N–H and O–H groups in total. The van der Waals surface area contributed by atoms with E-state index >= 15 is 0 Å². The number of nitriles is 1. The molecule has 0 spiro atoms. The third-order valence-corrected chi connectivity index (χ3v) is 3.42. The minimum atomic E-state index is -0.231. The molecule has 1 amide bonds. The summed E-state index contributed by atoms with van der Waals surface area (Å²) in [5.74, 6) is -0.225. The standard InChI is InChI=1S/C11H13N3O2S/c1-11(6-13-7-11)16-5-9(15)14-10-8(4-12)2-3-17-10/h2-3,13H,5-7H2,1H3,(H,14,15). The first kappa shape index (κ1) is 12.0. The van der Waals surface area contributed by atoms with Gasteiger partial charge in [0.2, 0.25) is 0 Å². The number of anilines is 1. The quantitative estimate of drug-likeness (QED) is 0.835. The lowest BCUT2D eigenvalue weighted by Crippen LogP contribution is -2.59. The molecule has 0 unspecified atom stereocenters. The number of carbonyl (C=O) groups is 1. The Kier molecular flexibility index (Phi) is 3.43. The molecule has 1 aliphatic rings. The molecule has 1 aromatic heterocycles. The maximum absolute atomic E-state index is 11.6. The molecule has 1 saturated heterocycles. The van der Waals surface area contributed by atoms with Crippen LogP contribution in [0.2, 0.25) is 0 Å². The zero-order valence-electron chi connectivity index (χ0n) is 9.45. The molecular weight excluding hydrogens is 238 g/mol. The van der Waals surface area contributed by atoms with Crippen LogP contribution in [-0.2, 0) is 9.53 Å². The SMILES string of the molecule is CC1(OCC(=O)Nc2sccc2C#N)CNC1. The van der Waals surface area contributed by atoms with Crippen LogP contribution in [0, 0.1) is 11.3 Å². The average Bonchev–Trinajstić information content (AvgIpc) is 2.71. The predicted octanol–water partition coefficient (Wildman–Crippen LogP) is 0.937. The van der Waals surface area contributed by atoms with E-state index in [1.807, 2.05) is 13.0 Å². The number of ether oxygens (including phenoxy) is 1. The van der Waals surface area contributed by atoms with Crippen LogP contribution in [-0.4, -0.2) is 31.2 Å². The first-order valence-electron chi connectivity index (χ1n) is 5.25. The summed E-state index contributed by atoms with van der Waals surface area (Å²) in [6.07, 6.45) is 0. The minimum absolute atomic E-state index is 0.0148. The van der Waals surface area contributed by atoms with Crippen LogP contribution in [0.3, 0.4) is 0 Å². The molecule has 0 aromatic carbocycles.